The molecule has 1 aliphatic heterocycles. The fourth-order valence-electron chi connectivity index (χ4n) is 1.58. The third-order valence-corrected chi connectivity index (χ3v) is 4.23. The molecule has 0 spiro atoms. The van der Waals surface area contributed by atoms with Crippen molar-refractivity contribution in [2.24, 2.45) is 5.41 Å². The van der Waals surface area contributed by atoms with Gasteiger partial charge in [0.1, 0.15) is 0 Å². The zero-order chi connectivity index (χ0) is 8.60. The lowest BCUT2D eigenvalue weighted by atomic mass is 9.79. The van der Waals surface area contributed by atoms with Gasteiger partial charge in [-0.25, -0.2) is 0 Å². The average molecular weight is 246 g/mol. The molecule has 0 aliphatic carbocycles. The first kappa shape index (κ1) is 8.73. The van der Waals surface area contributed by atoms with Gasteiger partial charge >= 0.3 is 0 Å². The van der Waals surface area contributed by atoms with Gasteiger partial charge in [-0.2, -0.15) is 0 Å². The van der Waals surface area contributed by atoms with Crippen LogP contribution in [0.15, 0.2) is 15.2 Å². The molecule has 0 atom stereocenters. The van der Waals surface area contributed by atoms with Crippen molar-refractivity contribution in [3.63, 3.8) is 0 Å². The van der Waals surface area contributed by atoms with E-state index in [1.807, 2.05) is 0 Å². The third kappa shape index (κ3) is 1.58. The van der Waals surface area contributed by atoms with Gasteiger partial charge in [0, 0.05) is 13.1 Å². The number of hydrogen-bond acceptors (Lipinski definition) is 2. The number of halogens is 1. The van der Waals surface area contributed by atoms with Gasteiger partial charge in [-0.15, -0.1) is 11.3 Å². The molecule has 1 fully saturated rings. The van der Waals surface area contributed by atoms with E-state index in [4.69, 9.17) is 0 Å². The topological polar surface area (TPSA) is 12.0 Å². The van der Waals surface area contributed by atoms with E-state index in [9.17, 15) is 0 Å². The van der Waals surface area contributed by atoms with Gasteiger partial charge in [0.2, 0.25) is 0 Å². The molecule has 1 aromatic rings. The summed E-state index contributed by atoms with van der Waals surface area (Å²) < 4.78 is 1.30. The molecule has 66 valence electrons. The molecule has 2 rings (SSSR count). The third-order valence-electron chi connectivity index (χ3n) is 2.41. The SMILES string of the molecule is CC1(Cc2ccsc2Br)CNC1. The second-order valence-corrected chi connectivity index (χ2v) is 6.04. The maximum absolute atomic E-state index is 3.57. The van der Waals surface area contributed by atoms with Crippen LogP contribution in [0.3, 0.4) is 0 Å². The number of rotatable bonds is 2. The fourth-order valence-corrected chi connectivity index (χ4v) is 2.82. The highest BCUT2D eigenvalue weighted by Crippen LogP contribution is 2.32. The predicted octanol–water partition coefficient (Wildman–Crippen LogP) is 2.66. The van der Waals surface area contributed by atoms with E-state index < -0.39 is 0 Å². The highest BCUT2D eigenvalue weighted by Gasteiger charge is 2.32. The molecular formula is C9H12BrNS. The minimum absolute atomic E-state index is 0.504. The lowest BCUT2D eigenvalue weighted by Gasteiger charge is -2.39. The summed E-state index contributed by atoms with van der Waals surface area (Å²) in [7, 11) is 0. The van der Waals surface area contributed by atoms with Gasteiger partial charge in [0.05, 0.1) is 3.79 Å². The fraction of sp³-hybridized carbons (Fsp3) is 0.556. The zero-order valence-electron chi connectivity index (χ0n) is 7.06. The number of nitrogens with one attached hydrogen (secondary N) is 1. The van der Waals surface area contributed by atoms with Crippen LogP contribution in [-0.4, -0.2) is 13.1 Å². The Balaban J connectivity index is 2.08. The van der Waals surface area contributed by atoms with Gasteiger partial charge < -0.3 is 5.32 Å². The van der Waals surface area contributed by atoms with E-state index in [2.05, 4.69) is 39.6 Å². The second kappa shape index (κ2) is 3.13. The first-order valence-corrected chi connectivity index (χ1v) is 5.79. The Morgan fingerprint density at radius 2 is 2.42 bits per heavy atom. The van der Waals surface area contributed by atoms with E-state index in [1.54, 1.807) is 11.3 Å². The van der Waals surface area contributed by atoms with E-state index in [0.29, 0.717) is 5.41 Å². The van der Waals surface area contributed by atoms with E-state index >= 15 is 0 Å². The minimum Gasteiger partial charge on any atom is -0.316 e. The molecule has 0 radical (unpaired) electrons. The highest BCUT2D eigenvalue weighted by atomic mass is 79.9. The monoisotopic (exact) mass is 245 g/mol. The Hall–Kier alpha value is 0.140. The van der Waals surface area contributed by atoms with Crippen molar-refractivity contribution >= 4 is 27.3 Å². The van der Waals surface area contributed by atoms with Crippen molar-refractivity contribution in [3.05, 3.63) is 20.8 Å². The molecule has 12 heavy (non-hydrogen) atoms. The van der Waals surface area contributed by atoms with E-state index in [-0.39, 0.29) is 0 Å². The molecule has 3 heteroatoms. The van der Waals surface area contributed by atoms with Crippen molar-refractivity contribution in [2.75, 3.05) is 13.1 Å². The number of thiophene rings is 1. The summed E-state index contributed by atoms with van der Waals surface area (Å²) in [6.07, 6.45) is 1.20. The Morgan fingerprint density at radius 3 is 2.83 bits per heavy atom. The second-order valence-electron chi connectivity index (χ2n) is 3.81. The van der Waals surface area contributed by atoms with Gasteiger partial charge in [-0.3, -0.25) is 0 Å². The molecule has 1 N–H and O–H groups in total. The normalized spacial score (nSPS) is 20.5. The summed E-state index contributed by atoms with van der Waals surface area (Å²) in [5.41, 5.74) is 1.97. The van der Waals surface area contributed by atoms with E-state index in [0.717, 1.165) is 13.1 Å². The summed E-state index contributed by atoms with van der Waals surface area (Å²) in [4.78, 5) is 0. The Labute approximate surface area is 85.3 Å². The molecule has 0 unspecified atom stereocenters. The summed E-state index contributed by atoms with van der Waals surface area (Å²) in [6.45, 7) is 4.66. The summed E-state index contributed by atoms with van der Waals surface area (Å²) in [5, 5.41) is 5.47. The molecule has 0 amide bonds. The predicted molar refractivity (Wildman–Crippen MR) is 56.7 cm³/mol. The maximum atomic E-state index is 3.57. The molecule has 1 nitrogen and oxygen atoms in total. The molecule has 0 aromatic carbocycles. The molecule has 1 saturated heterocycles. The molecular weight excluding hydrogens is 234 g/mol. The van der Waals surface area contributed by atoms with Crippen LogP contribution in [0.1, 0.15) is 12.5 Å². The Kier molecular flexibility index (Phi) is 2.27. The molecule has 2 heterocycles. The molecule has 1 aliphatic rings. The van der Waals surface area contributed by atoms with Gasteiger partial charge in [-0.1, -0.05) is 6.92 Å². The van der Waals surface area contributed by atoms with Crippen molar-refractivity contribution in [3.8, 4) is 0 Å². The van der Waals surface area contributed by atoms with Gasteiger partial charge in [0.25, 0.3) is 0 Å². The van der Waals surface area contributed by atoms with Crippen LogP contribution < -0.4 is 5.32 Å². The molecule has 1 aromatic heterocycles. The van der Waals surface area contributed by atoms with Crippen LogP contribution in [0.25, 0.3) is 0 Å². The van der Waals surface area contributed by atoms with Gasteiger partial charge in [-0.05, 0) is 44.8 Å². The van der Waals surface area contributed by atoms with E-state index in [1.165, 1.54) is 15.8 Å². The van der Waals surface area contributed by atoms with Crippen molar-refractivity contribution in [1.82, 2.24) is 5.32 Å². The maximum Gasteiger partial charge on any atom is 0.0730 e. The van der Waals surface area contributed by atoms with Crippen LogP contribution in [0.4, 0.5) is 0 Å². The zero-order valence-corrected chi connectivity index (χ0v) is 9.46. The highest BCUT2D eigenvalue weighted by molar-refractivity contribution is 9.11. The lowest BCUT2D eigenvalue weighted by Crippen LogP contribution is -2.52. The van der Waals surface area contributed by atoms with Gasteiger partial charge in [0.15, 0.2) is 0 Å². The first-order chi connectivity index (χ1) is 5.70. The summed E-state index contributed by atoms with van der Waals surface area (Å²) >= 11 is 5.35. The average Bonchev–Trinajstić information content (AvgIpc) is 2.34. The summed E-state index contributed by atoms with van der Waals surface area (Å²) in [6, 6.07) is 2.22. The summed E-state index contributed by atoms with van der Waals surface area (Å²) in [5.74, 6) is 0. The van der Waals surface area contributed by atoms with Crippen LogP contribution in [0.5, 0.6) is 0 Å². The van der Waals surface area contributed by atoms with Crippen LogP contribution in [-0.2, 0) is 6.42 Å². The lowest BCUT2D eigenvalue weighted by molar-refractivity contribution is 0.195. The molecule has 0 bridgehead atoms. The Morgan fingerprint density at radius 1 is 1.67 bits per heavy atom. The first-order valence-electron chi connectivity index (χ1n) is 4.12. The quantitative estimate of drug-likeness (QED) is 0.845. The number of hydrogen-bond donors (Lipinski definition) is 1. The van der Waals surface area contributed by atoms with Crippen LogP contribution in [0.2, 0.25) is 0 Å². The largest absolute Gasteiger partial charge is 0.316 e. The van der Waals surface area contributed by atoms with Crippen molar-refractivity contribution in [2.45, 2.75) is 13.3 Å². The van der Waals surface area contributed by atoms with Crippen molar-refractivity contribution < 1.29 is 0 Å². The Bertz CT molecular complexity index is 278. The molecule has 0 saturated carbocycles. The van der Waals surface area contributed by atoms with Crippen LogP contribution >= 0.6 is 27.3 Å². The van der Waals surface area contributed by atoms with Crippen LogP contribution in [0, 0.1) is 5.41 Å². The minimum atomic E-state index is 0.504. The smallest absolute Gasteiger partial charge is 0.0730 e. The van der Waals surface area contributed by atoms with Crippen molar-refractivity contribution in [1.29, 1.82) is 0 Å². The standard InChI is InChI=1S/C9H12BrNS/c1-9(5-11-6-9)4-7-2-3-12-8(7)10/h2-3,11H,4-6H2,1H3.